The maximum atomic E-state index is 12.3. The number of carbonyl (C=O) groups is 2. The first-order chi connectivity index (χ1) is 12.5. The molecule has 7 nitrogen and oxygen atoms in total. The van der Waals surface area contributed by atoms with E-state index in [0.717, 1.165) is 19.0 Å². The second-order valence-electron chi connectivity index (χ2n) is 6.79. The molecule has 2 atom stereocenters. The van der Waals surface area contributed by atoms with E-state index in [9.17, 15) is 9.59 Å². The van der Waals surface area contributed by atoms with E-state index >= 15 is 0 Å². The van der Waals surface area contributed by atoms with Crippen LogP contribution in [0.5, 0.6) is 11.5 Å². The fraction of sp³-hybridized carbons (Fsp3) is 0.579. The molecule has 2 amide bonds. The summed E-state index contributed by atoms with van der Waals surface area (Å²) < 4.78 is 10.5. The van der Waals surface area contributed by atoms with Crippen molar-refractivity contribution in [2.24, 2.45) is 5.73 Å². The molecule has 0 bridgehead atoms. The first-order valence-corrected chi connectivity index (χ1v) is 9.23. The average molecular weight is 364 g/mol. The van der Waals surface area contributed by atoms with Gasteiger partial charge in [-0.2, -0.15) is 0 Å². The Balaban J connectivity index is 1.81. The molecule has 2 rings (SSSR count). The van der Waals surface area contributed by atoms with Gasteiger partial charge < -0.3 is 25.4 Å². The Kier molecular flexibility index (Phi) is 7.72. The van der Waals surface area contributed by atoms with Gasteiger partial charge in [0.05, 0.1) is 26.2 Å². The van der Waals surface area contributed by atoms with Gasteiger partial charge in [0.1, 0.15) is 0 Å². The maximum Gasteiger partial charge on any atom is 0.255 e. The zero-order valence-corrected chi connectivity index (χ0v) is 15.7. The third-order valence-electron chi connectivity index (χ3n) is 4.84. The number of hydrogen-bond acceptors (Lipinski definition) is 4. The molecular weight excluding hydrogens is 334 g/mol. The summed E-state index contributed by atoms with van der Waals surface area (Å²) in [6, 6.07) is 5.57. The summed E-state index contributed by atoms with van der Waals surface area (Å²) >= 11 is 0. The standard InChI is InChI=1S/C19H29N3O4/c1-14-6-3-4-10-22(14)11-5-9-21-19(24)15-7-8-16(17(12-15)25-2)26-13-18(20)23/h7-8,12,14H,3-6,9-11,13H2,1-2H3,(H2,20,23)(H,21,24)/p+1/t14-/m1/s1. The Morgan fingerprint density at radius 3 is 2.81 bits per heavy atom. The van der Waals surface area contributed by atoms with Crippen molar-refractivity contribution in [2.45, 2.75) is 38.6 Å². The molecule has 1 aromatic rings. The van der Waals surface area contributed by atoms with Gasteiger partial charge in [0.25, 0.3) is 11.8 Å². The number of nitrogens with one attached hydrogen (secondary N) is 2. The molecular formula is C19H30N3O4+. The van der Waals surface area contributed by atoms with E-state index in [2.05, 4.69) is 12.2 Å². The van der Waals surface area contributed by atoms with Crippen molar-refractivity contribution in [1.29, 1.82) is 0 Å². The lowest BCUT2D eigenvalue weighted by molar-refractivity contribution is -0.928. The third kappa shape index (κ3) is 5.91. The van der Waals surface area contributed by atoms with E-state index in [1.165, 1.54) is 32.9 Å². The van der Waals surface area contributed by atoms with Gasteiger partial charge in [0, 0.05) is 18.5 Å². The molecule has 4 N–H and O–H groups in total. The quantitative estimate of drug-likeness (QED) is 0.543. The molecule has 0 aliphatic carbocycles. The molecule has 1 aliphatic rings. The molecule has 1 fully saturated rings. The minimum absolute atomic E-state index is 0.147. The van der Waals surface area contributed by atoms with Crippen LogP contribution >= 0.6 is 0 Å². The topological polar surface area (TPSA) is 95.1 Å². The highest BCUT2D eigenvalue weighted by Gasteiger charge is 2.21. The number of methoxy groups -OCH3 is 1. The summed E-state index contributed by atoms with van der Waals surface area (Å²) in [7, 11) is 1.48. The highest BCUT2D eigenvalue weighted by Crippen LogP contribution is 2.27. The van der Waals surface area contributed by atoms with E-state index in [4.69, 9.17) is 15.2 Å². The normalized spacial score (nSPS) is 19.6. The first kappa shape index (κ1) is 20.0. The van der Waals surface area contributed by atoms with Crippen LogP contribution in [0.2, 0.25) is 0 Å². The van der Waals surface area contributed by atoms with Crippen LogP contribution in [0.1, 0.15) is 43.0 Å². The number of ether oxygens (including phenoxy) is 2. The lowest BCUT2D eigenvalue weighted by Gasteiger charge is -2.30. The zero-order chi connectivity index (χ0) is 18.9. The van der Waals surface area contributed by atoms with E-state index < -0.39 is 5.91 Å². The number of piperidine rings is 1. The number of amides is 2. The van der Waals surface area contributed by atoms with Crippen molar-refractivity contribution in [3.8, 4) is 11.5 Å². The van der Waals surface area contributed by atoms with E-state index in [0.29, 0.717) is 23.6 Å². The number of benzene rings is 1. The largest absolute Gasteiger partial charge is 0.493 e. The van der Waals surface area contributed by atoms with Crippen molar-refractivity contribution < 1.29 is 24.0 Å². The Morgan fingerprint density at radius 1 is 1.31 bits per heavy atom. The second-order valence-corrected chi connectivity index (χ2v) is 6.79. The van der Waals surface area contributed by atoms with Crippen LogP contribution in [-0.4, -0.2) is 51.2 Å². The maximum absolute atomic E-state index is 12.3. The Morgan fingerprint density at radius 2 is 2.12 bits per heavy atom. The van der Waals surface area contributed by atoms with Crippen molar-refractivity contribution in [1.82, 2.24) is 5.32 Å². The van der Waals surface area contributed by atoms with Crippen molar-refractivity contribution in [3.63, 3.8) is 0 Å². The average Bonchev–Trinajstić information content (AvgIpc) is 2.64. The molecule has 0 radical (unpaired) electrons. The summed E-state index contributed by atoms with van der Waals surface area (Å²) in [5.74, 6) is 0.0569. The van der Waals surface area contributed by atoms with Crippen LogP contribution in [0.15, 0.2) is 18.2 Å². The summed E-state index contributed by atoms with van der Waals surface area (Å²) in [6.07, 6.45) is 4.90. The summed E-state index contributed by atoms with van der Waals surface area (Å²) in [4.78, 5) is 24.8. The highest BCUT2D eigenvalue weighted by atomic mass is 16.5. The molecule has 0 saturated carbocycles. The molecule has 1 unspecified atom stereocenters. The van der Waals surface area contributed by atoms with Gasteiger partial charge in [0.2, 0.25) is 0 Å². The molecule has 7 heteroatoms. The first-order valence-electron chi connectivity index (χ1n) is 9.23. The predicted octanol–water partition coefficient (Wildman–Crippen LogP) is 0.137. The van der Waals surface area contributed by atoms with Crippen LogP contribution < -0.4 is 25.4 Å². The number of hydrogen-bond donors (Lipinski definition) is 3. The van der Waals surface area contributed by atoms with Crippen LogP contribution in [0.3, 0.4) is 0 Å². The highest BCUT2D eigenvalue weighted by molar-refractivity contribution is 5.94. The Hall–Kier alpha value is -2.28. The zero-order valence-electron chi connectivity index (χ0n) is 15.7. The minimum atomic E-state index is -0.570. The van der Waals surface area contributed by atoms with Gasteiger partial charge in [-0.3, -0.25) is 9.59 Å². The summed E-state index contributed by atoms with van der Waals surface area (Å²) in [5, 5.41) is 2.95. The predicted molar refractivity (Wildman–Crippen MR) is 98.6 cm³/mol. The number of likely N-dealkylation sites (tertiary alicyclic amines) is 1. The SMILES string of the molecule is COc1cc(C(=O)NCCC[NH+]2CCCC[C@H]2C)ccc1OCC(N)=O. The lowest BCUT2D eigenvalue weighted by atomic mass is 10.0. The molecule has 144 valence electrons. The Labute approximate surface area is 154 Å². The van der Waals surface area contributed by atoms with E-state index in [1.807, 2.05) is 0 Å². The number of rotatable bonds is 9. The molecule has 1 aliphatic heterocycles. The van der Waals surface area contributed by atoms with Crippen LogP contribution in [0.25, 0.3) is 0 Å². The van der Waals surface area contributed by atoms with Crippen LogP contribution in [0, 0.1) is 0 Å². The van der Waals surface area contributed by atoms with Gasteiger partial charge in [-0.05, 0) is 44.4 Å². The monoisotopic (exact) mass is 364 g/mol. The fourth-order valence-electron chi connectivity index (χ4n) is 3.32. The molecule has 1 saturated heterocycles. The minimum Gasteiger partial charge on any atom is -0.493 e. The number of nitrogens with two attached hydrogens (primary N) is 1. The van der Waals surface area contributed by atoms with E-state index in [-0.39, 0.29) is 12.5 Å². The fourth-order valence-corrected chi connectivity index (χ4v) is 3.32. The lowest BCUT2D eigenvalue weighted by Crippen LogP contribution is -3.16. The molecule has 1 heterocycles. The van der Waals surface area contributed by atoms with Gasteiger partial charge in [-0.1, -0.05) is 0 Å². The van der Waals surface area contributed by atoms with Gasteiger partial charge in [0.15, 0.2) is 18.1 Å². The third-order valence-corrected chi connectivity index (χ3v) is 4.84. The Bertz CT molecular complexity index is 621. The molecule has 0 aromatic heterocycles. The van der Waals surface area contributed by atoms with Gasteiger partial charge >= 0.3 is 0 Å². The van der Waals surface area contributed by atoms with Crippen molar-refractivity contribution in [2.75, 3.05) is 33.4 Å². The summed E-state index contributed by atoms with van der Waals surface area (Å²) in [6.45, 7) is 5.04. The van der Waals surface area contributed by atoms with Crippen LogP contribution in [0.4, 0.5) is 0 Å². The number of primary amides is 1. The molecule has 26 heavy (non-hydrogen) atoms. The number of quaternary nitrogens is 1. The van der Waals surface area contributed by atoms with Gasteiger partial charge in [-0.25, -0.2) is 0 Å². The molecule has 0 spiro atoms. The van der Waals surface area contributed by atoms with Crippen LogP contribution in [-0.2, 0) is 4.79 Å². The number of carbonyl (C=O) groups excluding carboxylic acids is 2. The van der Waals surface area contributed by atoms with E-state index in [1.54, 1.807) is 23.1 Å². The smallest absolute Gasteiger partial charge is 0.255 e. The molecule has 1 aromatic carbocycles. The second kappa shape index (κ2) is 10.0. The van der Waals surface area contributed by atoms with Gasteiger partial charge in [-0.15, -0.1) is 0 Å². The summed E-state index contributed by atoms with van der Waals surface area (Å²) in [5.41, 5.74) is 5.56. The van der Waals surface area contributed by atoms with Crippen molar-refractivity contribution >= 4 is 11.8 Å². The van der Waals surface area contributed by atoms with Crippen molar-refractivity contribution in [3.05, 3.63) is 23.8 Å².